The molecule has 0 atom stereocenters. The summed E-state index contributed by atoms with van der Waals surface area (Å²) in [7, 11) is 0. The molecule has 0 aliphatic heterocycles. The van der Waals surface area contributed by atoms with Gasteiger partial charge in [-0.2, -0.15) is 0 Å². The van der Waals surface area contributed by atoms with Crippen molar-refractivity contribution in [2.24, 2.45) is 0 Å². The Kier molecular flexibility index (Phi) is 3.84. The van der Waals surface area contributed by atoms with Gasteiger partial charge < -0.3 is 10.4 Å². The highest BCUT2D eigenvalue weighted by atomic mass is 35.5. The van der Waals surface area contributed by atoms with Crippen molar-refractivity contribution >= 4 is 28.8 Å². The first-order chi connectivity index (χ1) is 8.58. The largest absolute Gasteiger partial charge is 0.507 e. The number of phenols is 1. The van der Waals surface area contributed by atoms with Gasteiger partial charge in [0.05, 0.1) is 10.9 Å². The lowest BCUT2D eigenvalue weighted by atomic mass is 10.1. The summed E-state index contributed by atoms with van der Waals surface area (Å²) in [5.41, 5.74) is -0.347. The van der Waals surface area contributed by atoms with E-state index in [1.807, 2.05) is 0 Å². The highest BCUT2D eigenvalue weighted by Gasteiger charge is 2.16. The summed E-state index contributed by atoms with van der Waals surface area (Å²) < 4.78 is 14.0. The second-order valence-electron chi connectivity index (χ2n) is 3.52. The van der Waals surface area contributed by atoms with E-state index < -0.39 is 11.7 Å². The lowest BCUT2D eigenvalue weighted by Crippen LogP contribution is -2.23. The molecule has 1 amide bonds. The van der Waals surface area contributed by atoms with Gasteiger partial charge in [-0.25, -0.2) is 4.39 Å². The minimum atomic E-state index is -0.753. The van der Waals surface area contributed by atoms with Crippen LogP contribution in [0.15, 0.2) is 30.3 Å². The Morgan fingerprint density at radius 2 is 2.17 bits per heavy atom. The van der Waals surface area contributed by atoms with Crippen LogP contribution in [0.2, 0.25) is 4.34 Å². The minimum absolute atomic E-state index is 0.240. The zero-order valence-electron chi connectivity index (χ0n) is 9.11. The SMILES string of the molecule is O=C(NCc1ccc(Cl)s1)c1c(O)cccc1F. The van der Waals surface area contributed by atoms with Gasteiger partial charge in [-0.05, 0) is 24.3 Å². The minimum Gasteiger partial charge on any atom is -0.507 e. The van der Waals surface area contributed by atoms with Gasteiger partial charge in [0.15, 0.2) is 0 Å². The summed E-state index contributed by atoms with van der Waals surface area (Å²) >= 11 is 7.08. The highest BCUT2D eigenvalue weighted by Crippen LogP contribution is 2.22. The van der Waals surface area contributed by atoms with Crippen LogP contribution in [0.4, 0.5) is 4.39 Å². The van der Waals surface area contributed by atoms with Crippen molar-refractivity contribution in [3.8, 4) is 5.75 Å². The molecule has 3 nitrogen and oxygen atoms in total. The lowest BCUT2D eigenvalue weighted by Gasteiger charge is -2.06. The van der Waals surface area contributed by atoms with Crippen molar-refractivity contribution in [3.05, 3.63) is 50.9 Å². The molecule has 0 saturated heterocycles. The number of halogens is 2. The van der Waals surface area contributed by atoms with Crippen LogP contribution in [0, 0.1) is 5.82 Å². The summed E-state index contributed by atoms with van der Waals surface area (Å²) in [5.74, 6) is -1.79. The maximum atomic E-state index is 13.4. The summed E-state index contributed by atoms with van der Waals surface area (Å²) in [5, 5.41) is 12.0. The summed E-state index contributed by atoms with van der Waals surface area (Å²) in [4.78, 5) is 12.6. The Labute approximate surface area is 112 Å². The number of thiophene rings is 1. The van der Waals surface area contributed by atoms with E-state index in [1.165, 1.54) is 23.5 Å². The smallest absolute Gasteiger partial charge is 0.258 e. The first-order valence-electron chi connectivity index (χ1n) is 5.08. The van der Waals surface area contributed by atoms with E-state index in [1.54, 1.807) is 12.1 Å². The van der Waals surface area contributed by atoms with Gasteiger partial charge in [0.25, 0.3) is 5.91 Å². The number of hydrogen-bond acceptors (Lipinski definition) is 3. The molecule has 1 aromatic carbocycles. The normalized spacial score (nSPS) is 10.3. The van der Waals surface area contributed by atoms with Crippen molar-refractivity contribution in [1.29, 1.82) is 0 Å². The van der Waals surface area contributed by atoms with E-state index in [4.69, 9.17) is 11.6 Å². The highest BCUT2D eigenvalue weighted by molar-refractivity contribution is 7.16. The molecule has 0 spiro atoms. The standard InChI is InChI=1S/C12H9ClFNO2S/c13-10-5-4-7(18-10)6-15-12(17)11-8(14)2-1-3-9(11)16/h1-5,16H,6H2,(H,15,17). The first kappa shape index (κ1) is 12.9. The van der Waals surface area contributed by atoms with Crippen molar-refractivity contribution < 1.29 is 14.3 Å². The van der Waals surface area contributed by atoms with Gasteiger partial charge in [-0.1, -0.05) is 17.7 Å². The first-order valence-corrected chi connectivity index (χ1v) is 6.27. The molecule has 2 aromatic rings. The number of hydrogen-bond donors (Lipinski definition) is 2. The number of rotatable bonds is 3. The summed E-state index contributed by atoms with van der Waals surface area (Å²) in [6.45, 7) is 0.240. The van der Waals surface area contributed by atoms with Crippen LogP contribution in [0.5, 0.6) is 5.75 Å². The summed E-state index contributed by atoms with van der Waals surface area (Å²) in [6.07, 6.45) is 0. The monoisotopic (exact) mass is 285 g/mol. The number of carbonyl (C=O) groups is 1. The molecule has 18 heavy (non-hydrogen) atoms. The van der Waals surface area contributed by atoms with Crippen molar-refractivity contribution in [1.82, 2.24) is 5.32 Å². The molecular weight excluding hydrogens is 277 g/mol. The van der Waals surface area contributed by atoms with Crippen molar-refractivity contribution in [3.63, 3.8) is 0 Å². The number of aromatic hydroxyl groups is 1. The Balaban J connectivity index is 2.08. The third-order valence-corrected chi connectivity index (χ3v) is 3.50. The number of carbonyl (C=O) groups excluding carboxylic acids is 1. The van der Waals surface area contributed by atoms with Gasteiger partial charge in [0, 0.05) is 4.88 Å². The van der Waals surface area contributed by atoms with Crippen LogP contribution in [-0.2, 0) is 6.54 Å². The zero-order chi connectivity index (χ0) is 13.1. The van der Waals surface area contributed by atoms with Crippen LogP contribution >= 0.6 is 22.9 Å². The molecule has 0 unspecified atom stereocenters. The van der Waals surface area contributed by atoms with E-state index in [-0.39, 0.29) is 17.9 Å². The number of amides is 1. The molecule has 0 bridgehead atoms. The van der Waals surface area contributed by atoms with E-state index in [0.29, 0.717) is 4.34 Å². The quantitative estimate of drug-likeness (QED) is 0.910. The summed E-state index contributed by atoms with van der Waals surface area (Å²) in [6, 6.07) is 7.21. The number of nitrogens with one attached hydrogen (secondary N) is 1. The zero-order valence-corrected chi connectivity index (χ0v) is 10.7. The lowest BCUT2D eigenvalue weighted by molar-refractivity contribution is 0.0944. The molecule has 0 aliphatic rings. The average molecular weight is 286 g/mol. The molecule has 0 radical (unpaired) electrons. The molecule has 6 heteroatoms. The fourth-order valence-electron chi connectivity index (χ4n) is 1.44. The van der Waals surface area contributed by atoms with Crippen LogP contribution in [-0.4, -0.2) is 11.0 Å². The van der Waals surface area contributed by atoms with Crippen LogP contribution in [0.1, 0.15) is 15.2 Å². The van der Waals surface area contributed by atoms with Gasteiger partial charge >= 0.3 is 0 Å². The Morgan fingerprint density at radius 3 is 2.78 bits per heavy atom. The van der Waals surface area contributed by atoms with Gasteiger partial charge in [0.2, 0.25) is 0 Å². The second kappa shape index (κ2) is 5.37. The Bertz CT molecular complexity index is 565. The molecule has 2 rings (SSSR count). The molecular formula is C12H9ClFNO2S. The molecule has 1 aromatic heterocycles. The molecule has 1 heterocycles. The number of benzene rings is 1. The predicted octanol–water partition coefficient (Wildman–Crippen LogP) is 3.18. The van der Waals surface area contributed by atoms with Crippen molar-refractivity contribution in [2.75, 3.05) is 0 Å². The third-order valence-electron chi connectivity index (χ3n) is 2.27. The van der Waals surface area contributed by atoms with Crippen LogP contribution in [0.25, 0.3) is 0 Å². The maximum Gasteiger partial charge on any atom is 0.258 e. The van der Waals surface area contributed by atoms with Gasteiger partial charge in [-0.3, -0.25) is 4.79 Å². The van der Waals surface area contributed by atoms with Gasteiger partial charge in [0.1, 0.15) is 17.1 Å². The Hall–Kier alpha value is -1.59. The third kappa shape index (κ3) is 2.80. The van der Waals surface area contributed by atoms with E-state index >= 15 is 0 Å². The van der Waals surface area contributed by atoms with Crippen molar-refractivity contribution in [2.45, 2.75) is 6.54 Å². The topological polar surface area (TPSA) is 49.3 Å². The molecule has 0 saturated carbocycles. The van der Waals surface area contributed by atoms with E-state index in [2.05, 4.69) is 5.32 Å². The average Bonchev–Trinajstić information content (AvgIpc) is 2.72. The van der Waals surface area contributed by atoms with E-state index in [9.17, 15) is 14.3 Å². The van der Waals surface area contributed by atoms with Crippen LogP contribution in [0.3, 0.4) is 0 Å². The van der Waals surface area contributed by atoms with Gasteiger partial charge in [-0.15, -0.1) is 11.3 Å². The molecule has 0 aliphatic carbocycles. The van der Waals surface area contributed by atoms with Crippen LogP contribution < -0.4 is 5.32 Å². The molecule has 94 valence electrons. The number of phenolic OH excluding ortho intramolecular Hbond substituents is 1. The van der Waals surface area contributed by atoms with E-state index in [0.717, 1.165) is 10.9 Å². The molecule has 0 fully saturated rings. The molecule has 2 N–H and O–H groups in total. The fourth-order valence-corrected chi connectivity index (χ4v) is 2.47. The Morgan fingerprint density at radius 1 is 1.39 bits per heavy atom. The fraction of sp³-hybridized carbons (Fsp3) is 0.0833. The predicted molar refractivity (Wildman–Crippen MR) is 68.6 cm³/mol. The maximum absolute atomic E-state index is 13.4. The second-order valence-corrected chi connectivity index (χ2v) is 5.32.